The summed E-state index contributed by atoms with van der Waals surface area (Å²) in [6.07, 6.45) is 17.3. The van der Waals surface area contributed by atoms with E-state index in [1.54, 1.807) is 6.07 Å². The second-order valence-electron chi connectivity index (χ2n) is 8.73. The van der Waals surface area contributed by atoms with Crippen LogP contribution in [0.25, 0.3) is 0 Å². The second-order valence-corrected chi connectivity index (χ2v) is 8.73. The highest BCUT2D eigenvalue weighted by Crippen LogP contribution is 2.43. The Hall–Kier alpha value is -1.91. The number of phenolic OH excluding ortho intramolecular Hbond substituents is 1. The lowest BCUT2D eigenvalue weighted by Crippen LogP contribution is -2.08. The van der Waals surface area contributed by atoms with E-state index < -0.39 is 6.16 Å². The number of hydrogen-bond donors (Lipinski definition) is 2. The highest BCUT2D eigenvalue weighted by molar-refractivity contribution is 5.66. The maximum Gasteiger partial charge on any atom is 0.511 e. The summed E-state index contributed by atoms with van der Waals surface area (Å²) in [5, 5.41) is 19.7. The number of phenols is 1. The van der Waals surface area contributed by atoms with Gasteiger partial charge in [-0.2, -0.15) is 0 Å². The minimum atomic E-state index is -1.43. The van der Waals surface area contributed by atoms with E-state index in [9.17, 15) is 9.90 Å². The molecule has 0 heterocycles. The molecule has 0 fully saturated rings. The topological polar surface area (TPSA) is 76.0 Å². The third-order valence-corrected chi connectivity index (χ3v) is 5.98. The zero-order valence-electron chi connectivity index (χ0n) is 20.7. The van der Waals surface area contributed by atoms with E-state index in [1.165, 1.54) is 64.2 Å². The van der Waals surface area contributed by atoms with Crippen molar-refractivity contribution in [2.45, 2.75) is 124 Å². The summed E-state index contributed by atoms with van der Waals surface area (Å²) in [7, 11) is 0. The third-order valence-electron chi connectivity index (χ3n) is 5.98. The van der Waals surface area contributed by atoms with Crippen LogP contribution in [0.15, 0.2) is 6.07 Å². The average Bonchev–Trinajstić information content (AvgIpc) is 2.76. The quantitative estimate of drug-likeness (QED) is 0.126. The number of hydrogen-bond acceptors (Lipinski definition) is 4. The SMILES string of the molecule is CCCCCCCCCc1cc(OC(=O)O)c(O)c(OCC)c1CCCCCCCCC. The fourth-order valence-electron chi connectivity index (χ4n) is 4.21. The molecule has 0 aliphatic rings. The lowest BCUT2D eigenvalue weighted by Gasteiger charge is -2.19. The molecule has 1 aromatic rings. The molecule has 1 rings (SSSR count). The monoisotopic (exact) mass is 450 g/mol. The van der Waals surface area contributed by atoms with E-state index in [2.05, 4.69) is 13.8 Å². The van der Waals surface area contributed by atoms with Gasteiger partial charge in [0.2, 0.25) is 5.75 Å². The molecule has 0 atom stereocenters. The Kier molecular flexibility index (Phi) is 15.5. The van der Waals surface area contributed by atoms with Gasteiger partial charge < -0.3 is 19.7 Å². The molecule has 0 saturated heterocycles. The molecule has 0 bridgehead atoms. The molecule has 5 nitrogen and oxygen atoms in total. The largest absolute Gasteiger partial charge is 0.511 e. The molecule has 0 radical (unpaired) electrons. The van der Waals surface area contributed by atoms with Crippen LogP contribution >= 0.6 is 0 Å². The molecular weight excluding hydrogens is 404 g/mol. The van der Waals surface area contributed by atoms with Crippen LogP contribution in [-0.2, 0) is 12.8 Å². The van der Waals surface area contributed by atoms with E-state index in [0.717, 1.165) is 49.7 Å². The molecule has 0 amide bonds. The van der Waals surface area contributed by atoms with E-state index in [1.807, 2.05) is 6.92 Å². The summed E-state index contributed by atoms with van der Waals surface area (Å²) in [5.41, 5.74) is 2.06. The summed E-state index contributed by atoms with van der Waals surface area (Å²) in [5.74, 6) is 0.174. The van der Waals surface area contributed by atoms with Crippen LogP contribution in [0.2, 0.25) is 0 Å². The highest BCUT2D eigenvalue weighted by Gasteiger charge is 2.21. The van der Waals surface area contributed by atoms with Gasteiger partial charge in [-0.1, -0.05) is 90.9 Å². The zero-order chi connectivity index (χ0) is 23.6. The highest BCUT2D eigenvalue weighted by atomic mass is 16.7. The van der Waals surface area contributed by atoms with Crippen molar-refractivity contribution in [1.29, 1.82) is 0 Å². The Balaban J connectivity index is 2.87. The van der Waals surface area contributed by atoms with E-state index in [4.69, 9.17) is 14.6 Å². The number of aryl methyl sites for hydroxylation is 1. The first-order valence-electron chi connectivity index (χ1n) is 13.0. The minimum absolute atomic E-state index is 0.0257. The summed E-state index contributed by atoms with van der Waals surface area (Å²) in [6.45, 7) is 6.74. The maximum absolute atomic E-state index is 11.1. The number of rotatable bonds is 19. The van der Waals surface area contributed by atoms with Gasteiger partial charge in [0.15, 0.2) is 11.5 Å². The van der Waals surface area contributed by atoms with Crippen LogP contribution in [0.3, 0.4) is 0 Å². The van der Waals surface area contributed by atoms with Crippen molar-refractivity contribution >= 4 is 6.16 Å². The van der Waals surface area contributed by atoms with E-state index in [-0.39, 0.29) is 11.5 Å². The number of unbranched alkanes of at least 4 members (excludes halogenated alkanes) is 12. The van der Waals surface area contributed by atoms with Gasteiger partial charge in [-0.25, -0.2) is 4.79 Å². The van der Waals surface area contributed by atoms with Crippen molar-refractivity contribution < 1.29 is 24.5 Å². The Bertz CT molecular complexity index is 641. The fraction of sp³-hybridized carbons (Fsp3) is 0.741. The van der Waals surface area contributed by atoms with Gasteiger partial charge in [0, 0.05) is 5.56 Å². The molecule has 0 aromatic heterocycles. The van der Waals surface area contributed by atoms with Gasteiger partial charge in [-0.3, -0.25) is 0 Å². The zero-order valence-corrected chi connectivity index (χ0v) is 20.7. The standard InChI is InChI=1S/C27H46O5/c1-4-7-9-11-13-15-17-19-22-21-24(32-27(29)30)25(28)26(31-6-3)23(22)20-18-16-14-12-10-8-5-2/h21,28H,4-20H2,1-3H3,(H,29,30). The Morgan fingerprint density at radius 2 is 1.28 bits per heavy atom. The van der Waals surface area contributed by atoms with Crippen LogP contribution in [0.5, 0.6) is 17.2 Å². The smallest absolute Gasteiger partial charge is 0.502 e. The molecule has 2 N–H and O–H groups in total. The van der Waals surface area contributed by atoms with Crippen molar-refractivity contribution in [2.24, 2.45) is 0 Å². The average molecular weight is 451 g/mol. The van der Waals surface area contributed by atoms with Gasteiger partial charge in [0.05, 0.1) is 6.61 Å². The first-order valence-corrected chi connectivity index (χ1v) is 13.0. The van der Waals surface area contributed by atoms with Gasteiger partial charge in [-0.05, 0) is 44.2 Å². The van der Waals surface area contributed by atoms with Gasteiger partial charge >= 0.3 is 6.16 Å². The predicted molar refractivity (Wildman–Crippen MR) is 131 cm³/mol. The van der Waals surface area contributed by atoms with Crippen LogP contribution in [0, 0.1) is 0 Å². The Morgan fingerprint density at radius 3 is 1.78 bits per heavy atom. The number of aromatic hydroxyl groups is 1. The molecule has 5 heteroatoms. The van der Waals surface area contributed by atoms with Crippen LogP contribution < -0.4 is 9.47 Å². The molecule has 0 saturated carbocycles. The molecule has 32 heavy (non-hydrogen) atoms. The summed E-state index contributed by atoms with van der Waals surface area (Å²) in [6, 6.07) is 1.71. The van der Waals surface area contributed by atoms with Gasteiger partial charge in [-0.15, -0.1) is 0 Å². The lowest BCUT2D eigenvalue weighted by molar-refractivity contribution is 0.142. The number of ether oxygens (including phenoxy) is 2. The molecule has 0 spiro atoms. The molecule has 184 valence electrons. The van der Waals surface area contributed by atoms with E-state index in [0.29, 0.717) is 12.4 Å². The van der Waals surface area contributed by atoms with Crippen LogP contribution in [-0.4, -0.2) is 23.0 Å². The normalized spacial score (nSPS) is 11.0. The molecule has 0 aliphatic carbocycles. The Labute approximate surface area is 195 Å². The Morgan fingerprint density at radius 1 is 0.781 bits per heavy atom. The number of carbonyl (C=O) groups is 1. The van der Waals surface area contributed by atoms with Crippen molar-refractivity contribution in [2.75, 3.05) is 6.61 Å². The maximum atomic E-state index is 11.1. The number of benzene rings is 1. The van der Waals surface area contributed by atoms with E-state index >= 15 is 0 Å². The second kappa shape index (κ2) is 17.6. The van der Waals surface area contributed by atoms with Crippen LogP contribution in [0.4, 0.5) is 4.79 Å². The first kappa shape index (κ1) is 28.1. The third kappa shape index (κ3) is 11.1. The summed E-state index contributed by atoms with van der Waals surface area (Å²) in [4.78, 5) is 11.1. The summed E-state index contributed by atoms with van der Waals surface area (Å²) < 4.78 is 10.7. The molecule has 0 unspecified atom stereocenters. The van der Waals surface area contributed by atoms with Crippen molar-refractivity contribution in [3.05, 3.63) is 17.2 Å². The lowest BCUT2D eigenvalue weighted by atomic mass is 9.94. The van der Waals surface area contributed by atoms with Crippen molar-refractivity contribution in [3.8, 4) is 17.2 Å². The van der Waals surface area contributed by atoms with Crippen molar-refractivity contribution in [1.82, 2.24) is 0 Å². The van der Waals surface area contributed by atoms with Crippen LogP contribution in [0.1, 0.15) is 122 Å². The molecule has 0 aliphatic heterocycles. The van der Waals surface area contributed by atoms with Gasteiger partial charge in [0.25, 0.3) is 0 Å². The minimum Gasteiger partial charge on any atom is -0.502 e. The molecular formula is C27H46O5. The van der Waals surface area contributed by atoms with Gasteiger partial charge in [0.1, 0.15) is 0 Å². The predicted octanol–water partition coefficient (Wildman–Crippen LogP) is 8.43. The molecule has 1 aromatic carbocycles. The van der Waals surface area contributed by atoms with Crippen molar-refractivity contribution in [3.63, 3.8) is 0 Å². The first-order chi connectivity index (χ1) is 15.5. The fourth-order valence-corrected chi connectivity index (χ4v) is 4.21. The summed E-state index contributed by atoms with van der Waals surface area (Å²) >= 11 is 0. The number of carboxylic acid groups (broad SMARTS) is 1.